The number of halogens is 1. The summed E-state index contributed by atoms with van der Waals surface area (Å²) in [5, 5.41) is 18.0. The minimum Gasteiger partial charge on any atom is -0.478 e. The van der Waals surface area contributed by atoms with Crippen LogP contribution in [0.3, 0.4) is 0 Å². The molecule has 0 bridgehead atoms. The van der Waals surface area contributed by atoms with Crippen molar-refractivity contribution in [1.29, 1.82) is 0 Å². The monoisotopic (exact) mass is 227 g/mol. The first-order valence-corrected chi connectivity index (χ1v) is 4.59. The van der Waals surface area contributed by atoms with E-state index in [0.29, 0.717) is 10.7 Å². The highest BCUT2D eigenvalue weighted by Gasteiger charge is 2.11. The Hall–Kier alpha value is -1.39. The molecule has 0 aliphatic carbocycles. The third kappa shape index (κ3) is 3.34. The van der Waals surface area contributed by atoms with E-state index in [9.17, 15) is 4.79 Å². The number of aliphatic imine (C=N–C) groups is 1. The molecule has 0 amide bonds. The Morgan fingerprint density at radius 1 is 1.40 bits per heavy atom. The second kappa shape index (κ2) is 4.91. The highest BCUT2D eigenvalue weighted by Crippen LogP contribution is 2.10. The standard InChI is InChI=1S/C10H10ClNO3/c1-6(12-9(13)10(14)15)7-2-4-8(11)5-3-7/h2-5,9,13H,1H3,(H,14,15). The molecule has 4 nitrogen and oxygen atoms in total. The first kappa shape index (κ1) is 11.7. The number of aliphatic hydroxyl groups is 1. The summed E-state index contributed by atoms with van der Waals surface area (Å²) >= 11 is 5.69. The van der Waals surface area contributed by atoms with Crippen molar-refractivity contribution in [3.8, 4) is 0 Å². The summed E-state index contributed by atoms with van der Waals surface area (Å²) in [5.41, 5.74) is 1.17. The second-order valence-electron chi connectivity index (χ2n) is 2.93. The summed E-state index contributed by atoms with van der Waals surface area (Å²) in [6, 6.07) is 6.75. The van der Waals surface area contributed by atoms with E-state index in [2.05, 4.69) is 4.99 Å². The average molecular weight is 228 g/mol. The average Bonchev–Trinajstić information content (AvgIpc) is 2.18. The van der Waals surface area contributed by atoms with Crippen molar-refractivity contribution < 1.29 is 15.0 Å². The first-order chi connectivity index (χ1) is 7.00. The van der Waals surface area contributed by atoms with Crippen LogP contribution in [0.2, 0.25) is 5.02 Å². The third-order valence-electron chi connectivity index (χ3n) is 1.80. The Labute approximate surface area is 91.8 Å². The van der Waals surface area contributed by atoms with Crippen molar-refractivity contribution in [1.82, 2.24) is 0 Å². The molecule has 1 rings (SSSR count). The number of carbonyl (C=O) groups is 1. The smallest absolute Gasteiger partial charge is 0.355 e. The van der Waals surface area contributed by atoms with Gasteiger partial charge in [-0.3, -0.25) is 0 Å². The molecule has 1 aromatic carbocycles. The van der Waals surface area contributed by atoms with Crippen LogP contribution >= 0.6 is 11.6 Å². The lowest BCUT2D eigenvalue weighted by Gasteiger charge is -2.03. The molecule has 0 heterocycles. The van der Waals surface area contributed by atoms with Crippen molar-refractivity contribution in [3.63, 3.8) is 0 Å². The Balaban J connectivity index is 2.89. The zero-order valence-electron chi connectivity index (χ0n) is 8.01. The van der Waals surface area contributed by atoms with Crippen LogP contribution in [0, 0.1) is 0 Å². The van der Waals surface area contributed by atoms with Crippen LogP contribution in [-0.4, -0.2) is 28.1 Å². The molecular formula is C10H10ClNO3. The minimum atomic E-state index is -1.72. The fraction of sp³-hybridized carbons (Fsp3) is 0.200. The van der Waals surface area contributed by atoms with Gasteiger partial charge in [0, 0.05) is 10.7 Å². The van der Waals surface area contributed by atoms with Gasteiger partial charge in [-0.25, -0.2) is 9.79 Å². The largest absolute Gasteiger partial charge is 0.478 e. The summed E-state index contributed by atoms with van der Waals surface area (Å²) < 4.78 is 0. The van der Waals surface area contributed by atoms with Gasteiger partial charge in [0.1, 0.15) is 0 Å². The Kier molecular flexibility index (Phi) is 3.82. The van der Waals surface area contributed by atoms with Crippen molar-refractivity contribution in [3.05, 3.63) is 34.9 Å². The van der Waals surface area contributed by atoms with Gasteiger partial charge in [0.15, 0.2) is 0 Å². The third-order valence-corrected chi connectivity index (χ3v) is 2.05. The molecule has 1 atom stereocenters. The van der Waals surface area contributed by atoms with E-state index in [-0.39, 0.29) is 0 Å². The zero-order chi connectivity index (χ0) is 11.4. The number of hydrogen-bond acceptors (Lipinski definition) is 3. The van der Waals surface area contributed by atoms with Gasteiger partial charge in [0.05, 0.1) is 0 Å². The molecule has 0 fully saturated rings. The Morgan fingerprint density at radius 2 is 1.93 bits per heavy atom. The number of carboxylic acids is 1. The number of aliphatic carboxylic acids is 1. The molecule has 1 unspecified atom stereocenters. The molecule has 0 radical (unpaired) electrons. The fourth-order valence-corrected chi connectivity index (χ4v) is 1.13. The van der Waals surface area contributed by atoms with Crippen LogP contribution in [0.5, 0.6) is 0 Å². The SMILES string of the molecule is CC(=NC(O)C(=O)O)c1ccc(Cl)cc1. The lowest BCUT2D eigenvalue weighted by Crippen LogP contribution is -2.18. The fourth-order valence-electron chi connectivity index (χ4n) is 1.00. The quantitative estimate of drug-likeness (QED) is 0.770. The van der Waals surface area contributed by atoms with Gasteiger partial charge < -0.3 is 10.2 Å². The summed E-state index contributed by atoms with van der Waals surface area (Å²) in [6.45, 7) is 1.62. The summed E-state index contributed by atoms with van der Waals surface area (Å²) in [4.78, 5) is 13.9. The number of rotatable bonds is 3. The molecule has 15 heavy (non-hydrogen) atoms. The van der Waals surface area contributed by atoms with Gasteiger partial charge in [-0.2, -0.15) is 0 Å². The Bertz CT molecular complexity index is 386. The molecule has 2 N–H and O–H groups in total. The molecule has 0 aromatic heterocycles. The maximum Gasteiger partial charge on any atom is 0.355 e. The molecule has 0 saturated carbocycles. The molecule has 0 aliphatic heterocycles. The summed E-state index contributed by atoms with van der Waals surface area (Å²) in [5.74, 6) is -1.37. The van der Waals surface area contributed by atoms with E-state index in [1.54, 1.807) is 31.2 Å². The second-order valence-corrected chi connectivity index (χ2v) is 3.37. The highest BCUT2D eigenvalue weighted by molar-refractivity contribution is 6.30. The van der Waals surface area contributed by atoms with Crippen molar-refractivity contribution in [2.45, 2.75) is 13.2 Å². The topological polar surface area (TPSA) is 69.9 Å². The summed E-state index contributed by atoms with van der Waals surface area (Å²) in [7, 11) is 0. The van der Waals surface area contributed by atoms with Crippen LogP contribution in [0.1, 0.15) is 12.5 Å². The maximum atomic E-state index is 10.3. The van der Waals surface area contributed by atoms with Crippen LogP contribution < -0.4 is 0 Å². The lowest BCUT2D eigenvalue weighted by atomic mass is 10.1. The van der Waals surface area contributed by atoms with E-state index >= 15 is 0 Å². The van der Waals surface area contributed by atoms with E-state index in [1.165, 1.54) is 0 Å². The molecule has 0 spiro atoms. The van der Waals surface area contributed by atoms with Crippen LogP contribution in [0.15, 0.2) is 29.3 Å². The molecule has 0 aliphatic rings. The van der Waals surface area contributed by atoms with Gasteiger partial charge >= 0.3 is 5.97 Å². The van der Waals surface area contributed by atoms with E-state index < -0.39 is 12.2 Å². The number of hydrogen-bond donors (Lipinski definition) is 2. The number of nitrogens with zero attached hydrogens (tertiary/aromatic N) is 1. The number of benzene rings is 1. The molecule has 80 valence electrons. The van der Waals surface area contributed by atoms with Crippen LogP contribution in [0.25, 0.3) is 0 Å². The minimum absolute atomic E-state index is 0.446. The van der Waals surface area contributed by atoms with Gasteiger partial charge in [-0.1, -0.05) is 23.7 Å². The van der Waals surface area contributed by atoms with Crippen molar-refractivity contribution >= 4 is 23.3 Å². The molecule has 1 aromatic rings. The predicted molar refractivity (Wildman–Crippen MR) is 57.3 cm³/mol. The predicted octanol–water partition coefficient (Wildman–Crippen LogP) is 1.55. The first-order valence-electron chi connectivity index (χ1n) is 4.22. The summed E-state index contributed by atoms with van der Waals surface area (Å²) in [6.07, 6.45) is -1.72. The molecule has 5 heteroatoms. The number of carboxylic acid groups (broad SMARTS) is 1. The van der Waals surface area contributed by atoms with Crippen molar-refractivity contribution in [2.75, 3.05) is 0 Å². The van der Waals surface area contributed by atoms with E-state index in [0.717, 1.165) is 5.56 Å². The molecular weight excluding hydrogens is 218 g/mol. The van der Waals surface area contributed by atoms with Gasteiger partial charge in [0.25, 0.3) is 0 Å². The maximum absolute atomic E-state index is 10.3. The van der Waals surface area contributed by atoms with Gasteiger partial charge in [0.2, 0.25) is 6.23 Å². The van der Waals surface area contributed by atoms with Gasteiger partial charge in [-0.05, 0) is 24.6 Å². The van der Waals surface area contributed by atoms with Gasteiger partial charge in [-0.15, -0.1) is 0 Å². The highest BCUT2D eigenvalue weighted by atomic mass is 35.5. The normalized spacial score (nSPS) is 13.7. The van der Waals surface area contributed by atoms with E-state index in [4.69, 9.17) is 21.8 Å². The van der Waals surface area contributed by atoms with E-state index in [1.807, 2.05) is 0 Å². The van der Waals surface area contributed by atoms with Crippen LogP contribution in [0.4, 0.5) is 0 Å². The number of aliphatic hydroxyl groups excluding tert-OH is 1. The van der Waals surface area contributed by atoms with Crippen molar-refractivity contribution in [2.24, 2.45) is 4.99 Å². The lowest BCUT2D eigenvalue weighted by molar-refractivity contribution is -0.146. The zero-order valence-corrected chi connectivity index (χ0v) is 8.77. The van der Waals surface area contributed by atoms with Crippen LogP contribution in [-0.2, 0) is 4.79 Å². The Morgan fingerprint density at radius 3 is 2.40 bits per heavy atom. The molecule has 0 saturated heterocycles.